The van der Waals surface area contributed by atoms with Crippen LogP contribution in [0.2, 0.25) is 0 Å². The van der Waals surface area contributed by atoms with E-state index in [1.807, 2.05) is 49.4 Å². The van der Waals surface area contributed by atoms with Gasteiger partial charge in [0.05, 0.1) is 16.3 Å². The van der Waals surface area contributed by atoms with Crippen molar-refractivity contribution >= 4 is 45.9 Å². The molecule has 5 nitrogen and oxygen atoms in total. The van der Waals surface area contributed by atoms with Gasteiger partial charge in [-0.25, -0.2) is 4.98 Å². The van der Waals surface area contributed by atoms with E-state index in [0.29, 0.717) is 17.0 Å². The zero-order valence-electron chi connectivity index (χ0n) is 15.8. The van der Waals surface area contributed by atoms with E-state index >= 15 is 0 Å². The van der Waals surface area contributed by atoms with Gasteiger partial charge in [0.2, 0.25) is 5.91 Å². The zero-order chi connectivity index (χ0) is 19.7. The number of anilines is 1. The molecule has 2 aromatic carbocycles. The largest absolute Gasteiger partial charge is 0.325 e. The van der Waals surface area contributed by atoms with Gasteiger partial charge in [0.15, 0.2) is 5.16 Å². The monoisotopic (exact) mass is 411 g/mol. The molecule has 28 heavy (non-hydrogen) atoms. The van der Waals surface area contributed by atoms with Crippen LogP contribution >= 0.6 is 23.5 Å². The first-order valence-electron chi connectivity index (χ1n) is 9.27. The molecule has 7 heteroatoms. The van der Waals surface area contributed by atoms with Crippen molar-refractivity contribution in [3.8, 4) is 0 Å². The summed E-state index contributed by atoms with van der Waals surface area (Å²) in [6.45, 7) is 4.58. The van der Waals surface area contributed by atoms with Gasteiger partial charge in [0.1, 0.15) is 0 Å². The third-order valence-corrected chi connectivity index (χ3v) is 6.87. The van der Waals surface area contributed by atoms with E-state index in [1.54, 1.807) is 16.3 Å². The van der Waals surface area contributed by atoms with Crippen molar-refractivity contribution in [2.45, 2.75) is 42.1 Å². The Kier molecular flexibility index (Phi) is 5.46. The van der Waals surface area contributed by atoms with Crippen LogP contribution in [0, 0.1) is 0 Å². The molecule has 0 saturated carbocycles. The van der Waals surface area contributed by atoms with Crippen LogP contribution in [-0.4, -0.2) is 26.5 Å². The van der Waals surface area contributed by atoms with Gasteiger partial charge in [-0.15, -0.1) is 11.8 Å². The summed E-state index contributed by atoms with van der Waals surface area (Å²) in [6, 6.07) is 13.8. The molecule has 1 aromatic heterocycles. The van der Waals surface area contributed by atoms with Crippen LogP contribution < -0.4 is 10.9 Å². The second-order valence-corrected chi connectivity index (χ2v) is 9.11. The van der Waals surface area contributed by atoms with E-state index in [1.165, 1.54) is 11.8 Å². The maximum atomic E-state index is 12.7. The molecular formula is C21H21N3O2S2. The number of rotatable bonds is 5. The van der Waals surface area contributed by atoms with Gasteiger partial charge in [-0.05, 0) is 18.4 Å². The summed E-state index contributed by atoms with van der Waals surface area (Å²) >= 11 is 2.92. The first-order chi connectivity index (χ1) is 13.6. The van der Waals surface area contributed by atoms with Crippen LogP contribution in [-0.2, 0) is 17.8 Å². The Morgan fingerprint density at radius 1 is 1.29 bits per heavy atom. The lowest BCUT2D eigenvalue weighted by Crippen LogP contribution is -2.25. The molecule has 1 aliphatic rings. The lowest BCUT2D eigenvalue weighted by molar-refractivity contribution is -0.113. The highest BCUT2D eigenvalue weighted by Crippen LogP contribution is 2.34. The van der Waals surface area contributed by atoms with E-state index in [4.69, 9.17) is 0 Å². The molecule has 0 spiro atoms. The summed E-state index contributed by atoms with van der Waals surface area (Å²) < 4.78 is 1.67. The van der Waals surface area contributed by atoms with Crippen molar-refractivity contribution < 1.29 is 4.79 Å². The lowest BCUT2D eigenvalue weighted by Gasteiger charge is -2.12. The van der Waals surface area contributed by atoms with Crippen molar-refractivity contribution in [1.82, 2.24) is 9.55 Å². The van der Waals surface area contributed by atoms with Crippen molar-refractivity contribution in [3.05, 3.63) is 58.5 Å². The van der Waals surface area contributed by atoms with Crippen LogP contribution in [0.4, 0.5) is 5.69 Å². The molecule has 0 aliphatic carbocycles. The summed E-state index contributed by atoms with van der Waals surface area (Å²) in [4.78, 5) is 30.7. The molecule has 4 rings (SSSR count). The number of aromatic nitrogens is 2. The summed E-state index contributed by atoms with van der Waals surface area (Å²) in [5, 5.41) is 6.07. The third kappa shape index (κ3) is 3.69. The van der Waals surface area contributed by atoms with Crippen molar-refractivity contribution in [1.29, 1.82) is 0 Å². The molecule has 0 bridgehead atoms. The minimum Gasteiger partial charge on any atom is -0.325 e. The number of nitrogens with zero attached hydrogens (tertiary/aromatic N) is 2. The number of thioether (sulfide) groups is 2. The van der Waals surface area contributed by atoms with E-state index < -0.39 is 0 Å². The van der Waals surface area contributed by atoms with Crippen LogP contribution in [0.1, 0.15) is 19.5 Å². The smallest absolute Gasteiger partial charge is 0.268 e. The molecule has 1 atom stereocenters. The summed E-state index contributed by atoms with van der Waals surface area (Å²) in [7, 11) is 0. The molecule has 0 radical (unpaired) electrons. The second kappa shape index (κ2) is 8.01. The van der Waals surface area contributed by atoms with Gasteiger partial charge in [-0.3, -0.25) is 14.2 Å². The molecule has 1 N–H and O–H groups in total. The van der Waals surface area contributed by atoms with Gasteiger partial charge < -0.3 is 5.32 Å². The standard InChI is InChI=1S/C21H21N3O2S2/c1-3-24-20(26)19-17(11-13(2)28-19)23-21(24)27-12-18(25)22-16-10-6-8-14-7-4-5-9-15(14)16/h4-10,13H,3,11-12H2,1-2H3,(H,22,25)/t13-/m0/s1. The fourth-order valence-electron chi connectivity index (χ4n) is 3.37. The Hall–Kier alpha value is -2.25. The number of amides is 1. The van der Waals surface area contributed by atoms with Gasteiger partial charge in [-0.2, -0.15) is 0 Å². The molecular weight excluding hydrogens is 390 g/mol. The Labute approximate surface area is 171 Å². The molecule has 144 valence electrons. The van der Waals surface area contributed by atoms with Crippen LogP contribution in [0.15, 0.2) is 57.3 Å². The predicted octanol–water partition coefficient (Wildman–Crippen LogP) is 4.18. The molecule has 2 heterocycles. The Morgan fingerprint density at radius 3 is 2.89 bits per heavy atom. The molecule has 1 amide bonds. The highest BCUT2D eigenvalue weighted by Gasteiger charge is 2.26. The van der Waals surface area contributed by atoms with E-state index in [0.717, 1.165) is 33.5 Å². The average molecular weight is 412 g/mol. The van der Waals surface area contributed by atoms with Crippen molar-refractivity contribution in [3.63, 3.8) is 0 Å². The average Bonchev–Trinajstić information content (AvgIpc) is 3.07. The topological polar surface area (TPSA) is 64.0 Å². The van der Waals surface area contributed by atoms with Gasteiger partial charge in [0.25, 0.3) is 5.56 Å². The number of nitrogens with one attached hydrogen (secondary N) is 1. The number of hydrogen-bond donors (Lipinski definition) is 1. The van der Waals surface area contributed by atoms with Gasteiger partial charge >= 0.3 is 0 Å². The number of fused-ring (bicyclic) bond motifs is 2. The van der Waals surface area contributed by atoms with Gasteiger partial charge in [0, 0.05) is 29.3 Å². The number of carbonyl (C=O) groups excluding carboxylic acids is 1. The number of benzene rings is 2. The fourth-order valence-corrected chi connectivity index (χ4v) is 5.37. The fraction of sp³-hybridized carbons (Fsp3) is 0.286. The number of hydrogen-bond acceptors (Lipinski definition) is 5. The second-order valence-electron chi connectivity index (χ2n) is 6.72. The molecule has 1 aliphatic heterocycles. The first kappa shape index (κ1) is 19.1. The van der Waals surface area contributed by atoms with Crippen LogP contribution in [0.25, 0.3) is 10.8 Å². The minimum absolute atomic E-state index is 0.0128. The van der Waals surface area contributed by atoms with E-state index in [9.17, 15) is 9.59 Å². The van der Waals surface area contributed by atoms with Crippen LogP contribution in [0.5, 0.6) is 0 Å². The molecule has 3 aromatic rings. The third-order valence-electron chi connectivity index (χ3n) is 4.68. The van der Waals surface area contributed by atoms with Crippen molar-refractivity contribution in [2.24, 2.45) is 0 Å². The summed E-state index contributed by atoms with van der Waals surface area (Å²) in [5.41, 5.74) is 1.67. The van der Waals surface area contributed by atoms with E-state index in [-0.39, 0.29) is 17.2 Å². The van der Waals surface area contributed by atoms with E-state index in [2.05, 4.69) is 17.2 Å². The quantitative estimate of drug-likeness (QED) is 0.504. The number of carbonyl (C=O) groups is 1. The highest BCUT2D eigenvalue weighted by molar-refractivity contribution is 8.00. The summed E-state index contributed by atoms with van der Waals surface area (Å²) in [5.74, 6) is 0.0958. The highest BCUT2D eigenvalue weighted by atomic mass is 32.2. The SMILES string of the molecule is CCn1c(SCC(=O)Nc2cccc3ccccc23)nc2c(c1=O)S[C@@H](C)C2. The normalized spacial score (nSPS) is 15.6. The Balaban J connectivity index is 1.52. The first-order valence-corrected chi connectivity index (χ1v) is 11.1. The lowest BCUT2D eigenvalue weighted by atomic mass is 10.1. The van der Waals surface area contributed by atoms with Crippen molar-refractivity contribution in [2.75, 3.05) is 11.1 Å². The zero-order valence-corrected chi connectivity index (χ0v) is 17.4. The minimum atomic E-state index is -0.110. The molecule has 0 fully saturated rings. The van der Waals surface area contributed by atoms with Crippen LogP contribution in [0.3, 0.4) is 0 Å². The maximum Gasteiger partial charge on any atom is 0.268 e. The maximum absolute atomic E-state index is 12.7. The summed E-state index contributed by atoms with van der Waals surface area (Å²) in [6.07, 6.45) is 0.801. The van der Waals surface area contributed by atoms with Gasteiger partial charge in [-0.1, -0.05) is 55.1 Å². The molecule has 0 unspecified atom stereocenters. The Bertz CT molecular complexity index is 1110. The Morgan fingerprint density at radius 2 is 2.07 bits per heavy atom. The molecule has 0 saturated heterocycles. The predicted molar refractivity (Wildman–Crippen MR) is 116 cm³/mol.